The Morgan fingerprint density at radius 3 is 2.83 bits per heavy atom. The predicted octanol–water partition coefficient (Wildman–Crippen LogP) is 2.59. The molecule has 0 radical (unpaired) electrons. The normalized spacial score (nSPS) is 15.4. The van der Waals surface area contributed by atoms with Gasteiger partial charge in [-0.25, -0.2) is 4.98 Å². The lowest BCUT2D eigenvalue weighted by Crippen LogP contribution is -2.27. The summed E-state index contributed by atoms with van der Waals surface area (Å²) in [6.45, 7) is 8.47. The summed E-state index contributed by atoms with van der Waals surface area (Å²) in [5.74, 6) is 1.78. The van der Waals surface area contributed by atoms with Crippen LogP contribution < -0.4 is 10.2 Å². The molecule has 0 fully saturated rings. The van der Waals surface area contributed by atoms with Gasteiger partial charge in [0.15, 0.2) is 0 Å². The fourth-order valence-corrected chi connectivity index (χ4v) is 2.06. The zero-order chi connectivity index (χ0) is 12.8. The summed E-state index contributed by atoms with van der Waals surface area (Å²) in [4.78, 5) is 6.86. The lowest BCUT2D eigenvalue weighted by molar-refractivity contribution is 0.552. The number of rotatable bonds is 5. The van der Waals surface area contributed by atoms with Crippen molar-refractivity contribution >= 4 is 5.82 Å². The van der Waals surface area contributed by atoms with E-state index in [1.807, 2.05) is 6.20 Å². The Bertz CT molecular complexity index is 381. The Hall–Kier alpha value is -1.35. The van der Waals surface area contributed by atoms with Crippen molar-refractivity contribution in [2.75, 3.05) is 24.5 Å². The number of nitrogens with one attached hydrogen (secondary N) is 1. The zero-order valence-corrected chi connectivity index (χ0v) is 11.4. The molecule has 1 N–H and O–H groups in total. The van der Waals surface area contributed by atoms with Gasteiger partial charge in [-0.3, -0.25) is 0 Å². The van der Waals surface area contributed by atoms with Gasteiger partial charge in [-0.1, -0.05) is 32.1 Å². The van der Waals surface area contributed by atoms with Gasteiger partial charge in [0.25, 0.3) is 0 Å². The van der Waals surface area contributed by atoms with Gasteiger partial charge >= 0.3 is 0 Å². The van der Waals surface area contributed by atoms with E-state index in [0.29, 0.717) is 5.92 Å². The first-order valence-electron chi connectivity index (χ1n) is 6.81. The highest BCUT2D eigenvalue weighted by Crippen LogP contribution is 2.14. The van der Waals surface area contributed by atoms with Crippen LogP contribution in [-0.4, -0.2) is 24.6 Å². The first-order chi connectivity index (χ1) is 8.75. The molecule has 18 heavy (non-hydrogen) atoms. The molecule has 0 saturated carbocycles. The summed E-state index contributed by atoms with van der Waals surface area (Å²) >= 11 is 0. The molecule has 0 atom stereocenters. The number of nitrogens with zero attached hydrogens (tertiary/aromatic N) is 2. The highest BCUT2D eigenvalue weighted by Gasteiger charge is 2.08. The van der Waals surface area contributed by atoms with E-state index in [0.717, 1.165) is 38.4 Å². The van der Waals surface area contributed by atoms with Gasteiger partial charge in [-0.2, -0.15) is 0 Å². The van der Waals surface area contributed by atoms with E-state index in [1.54, 1.807) is 0 Å². The summed E-state index contributed by atoms with van der Waals surface area (Å²) < 4.78 is 0. The highest BCUT2D eigenvalue weighted by atomic mass is 15.2. The van der Waals surface area contributed by atoms with Gasteiger partial charge in [0.1, 0.15) is 5.82 Å². The van der Waals surface area contributed by atoms with Gasteiger partial charge < -0.3 is 10.2 Å². The molecular weight excluding hydrogens is 222 g/mol. The van der Waals surface area contributed by atoms with Gasteiger partial charge in [0, 0.05) is 25.8 Å². The number of anilines is 1. The van der Waals surface area contributed by atoms with Crippen LogP contribution in [0.15, 0.2) is 30.5 Å². The molecule has 0 spiro atoms. The smallest absolute Gasteiger partial charge is 0.128 e. The van der Waals surface area contributed by atoms with E-state index in [2.05, 4.69) is 53.3 Å². The first-order valence-corrected chi connectivity index (χ1v) is 6.81. The average molecular weight is 245 g/mol. The maximum atomic E-state index is 4.55. The number of pyridine rings is 1. The van der Waals surface area contributed by atoms with Crippen LogP contribution in [-0.2, 0) is 6.54 Å². The van der Waals surface area contributed by atoms with Crippen LogP contribution in [0.2, 0.25) is 0 Å². The Morgan fingerprint density at radius 1 is 1.33 bits per heavy atom. The van der Waals surface area contributed by atoms with E-state index in [1.165, 1.54) is 5.56 Å². The largest absolute Gasteiger partial charge is 0.353 e. The Balaban J connectivity index is 1.87. The van der Waals surface area contributed by atoms with E-state index in [9.17, 15) is 0 Å². The van der Waals surface area contributed by atoms with Crippen LogP contribution in [0, 0.1) is 5.92 Å². The molecule has 3 heteroatoms. The van der Waals surface area contributed by atoms with Crippen molar-refractivity contribution in [3.8, 4) is 0 Å². The SMILES string of the molecule is CC(C)CNCc1ccc(N2CC=CCC2)nc1. The molecule has 1 aromatic rings. The van der Waals surface area contributed by atoms with E-state index in [-0.39, 0.29) is 0 Å². The summed E-state index contributed by atoms with van der Waals surface area (Å²) in [5, 5.41) is 3.44. The summed E-state index contributed by atoms with van der Waals surface area (Å²) in [5.41, 5.74) is 1.26. The minimum atomic E-state index is 0.692. The summed E-state index contributed by atoms with van der Waals surface area (Å²) in [7, 11) is 0. The average Bonchev–Trinajstić information content (AvgIpc) is 2.40. The van der Waals surface area contributed by atoms with Crippen molar-refractivity contribution in [2.45, 2.75) is 26.8 Å². The van der Waals surface area contributed by atoms with Gasteiger partial charge in [0.05, 0.1) is 0 Å². The predicted molar refractivity (Wildman–Crippen MR) is 76.8 cm³/mol. The number of hydrogen-bond donors (Lipinski definition) is 1. The Kier molecular flexibility index (Phi) is 4.76. The standard InChI is InChI=1S/C15H23N3/c1-13(2)10-16-11-14-6-7-15(17-12-14)18-8-4-3-5-9-18/h3-4,6-7,12-13,16H,5,8-11H2,1-2H3. The molecule has 2 rings (SSSR count). The molecule has 0 amide bonds. The first kappa shape index (κ1) is 13.1. The summed E-state index contributed by atoms with van der Waals surface area (Å²) in [6.07, 6.45) is 7.56. The van der Waals surface area contributed by atoms with Crippen LogP contribution in [0.25, 0.3) is 0 Å². The lowest BCUT2D eigenvalue weighted by Gasteiger charge is -2.24. The molecule has 0 saturated heterocycles. The quantitative estimate of drug-likeness (QED) is 0.808. The molecule has 98 valence electrons. The molecule has 1 aliphatic rings. The second-order valence-corrected chi connectivity index (χ2v) is 5.26. The molecule has 0 unspecified atom stereocenters. The van der Waals surface area contributed by atoms with Crippen LogP contribution in [0.5, 0.6) is 0 Å². The van der Waals surface area contributed by atoms with Gasteiger partial charge in [-0.05, 0) is 30.5 Å². The van der Waals surface area contributed by atoms with Crippen molar-refractivity contribution in [1.82, 2.24) is 10.3 Å². The Labute approximate surface area is 110 Å². The van der Waals surface area contributed by atoms with Crippen LogP contribution >= 0.6 is 0 Å². The molecule has 2 heterocycles. The summed E-state index contributed by atoms with van der Waals surface area (Å²) in [6, 6.07) is 4.31. The molecule has 0 aromatic carbocycles. The maximum Gasteiger partial charge on any atom is 0.128 e. The molecule has 0 aliphatic carbocycles. The third kappa shape index (κ3) is 3.84. The van der Waals surface area contributed by atoms with E-state index in [4.69, 9.17) is 0 Å². The van der Waals surface area contributed by atoms with Crippen LogP contribution in [0.1, 0.15) is 25.8 Å². The third-order valence-electron chi connectivity index (χ3n) is 3.07. The number of hydrogen-bond acceptors (Lipinski definition) is 3. The minimum Gasteiger partial charge on any atom is -0.353 e. The molecule has 1 aliphatic heterocycles. The number of aromatic nitrogens is 1. The third-order valence-corrected chi connectivity index (χ3v) is 3.07. The zero-order valence-electron chi connectivity index (χ0n) is 11.4. The van der Waals surface area contributed by atoms with Crippen molar-refractivity contribution in [1.29, 1.82) is 0 Å². The van der Waals surface area contributed by atoms with E-state index < -0.39 is 0 Å². The van der Waals surface area contributed by atoms with Crippen molar-refractivity contribution in [2.24, 2.45) is 5.92 Å². The fraction of sp³-hybridized carbons (Fsp3) is 0.533. The minimum absolute atomic E-state index is 0.692. The van der Waals surface area contributed by atoms with Gasteiger partial charge in [0.2, 0.25) is 0 Å². The van der Waals surface area contributed by atoms with Crippen molar-refractivity contribution in [3.63, 3.8) is 0 Å². The topological polar surface area (TPSA) is 28.2 Å². The van der Waals surface area contributed by atoms with E-state index >= 15 is 0 Å². The van der Waals surface area contributed by atoms with Crippen LogP contribution in [0.3, 0.4) is 0 Å². The second kappa shape index (κ2) is 6.55. The maximum absolute atomic E-state index is 4.55. The highest BCUT2D eigenvalue weighted by molar-refractivity contribution is 5.41. The molecule has 1 aromatic heterocycles. The second-order valence-electron chi connectivity index (χ2n) is 5.26. The molecular formula is C15H23N3. The molecule has 3 nitrogen and oxygen atoms in total. The molecule has 0 bridgehead atoms. The monoisotopic (exact) mass is 245 g/mol. The lowest BCUT2D eigenvalue weighted by atomic mass is 10.2. The fourth-order valence-electron chi connectivity index (χ4n) is 2.06. The van der Waals surface area contributed by atoms with Crippen molar-refractivity contribution in [3.05, 3.63) is 36.0 Å². The van der Waals surface area contributed by atoms with Crippen LogP contribution in [0.4, 0.5) is 5.82 Å². The van der Waals surface area contributed by atoms with Gasteiger partial charge in [-0.15, -0.1) is 0 Å². The van der Waals surface area contributed by atoms with Crippen molar-refractivity contribution < 1.29 is 0 Å². The Morgan fingerprint density at radius 2 is 2.22 bits per heavy atom.